The second kappa shape index (κ2) is 8.29. The van der Waals surface area contributed by atoms with Crippen LogP contribution in [0.3, 0.4) is 0 Å². The Balaban J connectivity index is 2.26. The minimum atomic E-state index is -0.385. The summed E-state index contributed by atoms with van der Waals surface area (Å²) in [6.07, 6.45) is 1.88. The molecule has 0 aliphatic rings. The molecule has 5 heteroatoms. The quantitative estimate of drug-likeness (QED) is 0.644. The normalized spacial score (nSPS) is 11.1. The number of benzene rings is 2. The smallest absolute Gasteiger partial charge is 0.338 e. The van der Waals surface area contributed by atoms with Gasteiger partial charge in [-0.15, -0.1) is 11.8 Å². The Bertz CT molecular complexity index is 710. The average molecular weight is 330 g/mol. The fourth-order valence-electron chi connectivity index (χ4n) is 2.09. The largest absolute Gasteiger partial charge is 0.508 e. The molecule has 2 aromatic carbocycles. The van der Waals surface area contributed by atoms with Crippen molar-refractivity contribution in [2.24, 2.45) is 0 Å². The van der Waals surface area contributed by atoms with E-state index in [0.717, 1.165) is 11.1 Å². The Morgan fingerprint density at radius 1 is 1.22 bits per heavy atom. The lowest BCUT2D eigenvalue weighted by molar-refractivity contribution is -0.133. The Morgan fingerprint density at radius 3 is 2.70 bits per heavy atom. The van der Waals surface area contributed by atoms with Crippen LogP contribution in [0.5, 0.6) is 11.5 Å². The molecular weight excluding hydrogens is 312 g/mol. The van der Waals surface area contributed by atoms with Crippen LogP contribution < -0.4 is 4.74 Å². The molecule has 1 N–H and O–H groups in total. The zero-order valence-corrected chi connectivity index (χ0v) is 13.8. The zero-order chi connectivity index (χ0) is 16.7. The number of thioether (sulfide) groups is 1. The number of aromatic hydroxyl groups is 1. The number of ether oxygens (including phenoxy) is 2. The number of methoxy groups -OCH3 is 1. The van der Waals surface area contributed by atoms with Crippen LogP contribution in [0.2, 0.25) is 0 Å². The number of esters is 1. The number of carbonyl (C=O) groups is 1. The minimum Gasteiger partial charge on any atom is -0.508 e. The molecule has 0 unspecified atom stereocenters. The summed E-state index contributed by atoms with van der Waals surface area (Å²) in [7, 11) is 1.36. The van der Waals surface area contributed by atoms with E-state index in [0.29, 0.717) is 11.3 Å². The number of hydrogen-bond acceptors (Lipinski definition) is 5. The zero-order valence-electron chi connectivity index (χ0n) is 13.0. The van der Waals surface area contributed by atoms with Gasteiger partial charge >= 0.3 is 5.97 Å². The maximum Gasteiger partial charge on any atom is 0.338 e. The van der Waals surface area contributed by atoms with Crippen molar-refractivity contribution in [3.05, 3.63) is 65.1 Å². The van der Waals surface area contributed by atoms with E-state index in [2.05, 4.69) is 0 Å². The van der Waals surface area contributed by atoms with E-state index in [9.17, 15) is 9.90 Å². The van der Waals surface area contributed by atoms with Crippen LogP contribution in [0.25, 0.3) is 5.57 Å². The number of rotatable bonds is 6. The highest BCUT2D eigenvalue weighted by atomic mass is 32.2. The molecule has 0 bridgehead atoms. The highest BCUT2D eigenvalue weighted by Gasteiger charge is 2.16. The van der Waals surface area contributed by atoms with Gasteiger partial charge in [-0.3, -0.25) is 0 Å². The molecule has 2 rings (SSSR count). The Kier molecular flexibility index (Phi) is 6.11. The summed E-state index contributed by atoms with van der Waals surface area (Å²) in [5.41, 5.74) is 2.13. The SMILES string of the molecule is COC(=O)/C(=C/SC)c1ccccc1COc1cccc(O)c1. The van der Waals surface area contributed by atoms with Crippen LogP contribution in [0.15, 0.2) is 53.9 Å². The third-order valence-corrected chi connectivity index (χ3v) is 3.63. The highest BCUT2D eigenvalue weighted by Crippen LogP contribution is 2.25. The highest BCUT2D eigenvalue weighted by molar-refractivity contribution is 8.01. The molecule has 120 valence electrons. The van der Waals surface area contributed by atoms with Crippen LogP contribution in [-0.2, 0) is 16.1 Å². The van der Waals surface area contributed by atoms with Gasteiger partial charge in [-0.2, -0.15) is 0 Å². The Labute approximate surface area is 139 Å². The minimum absolute atomic E-state index is 0.147. The van der Waals surface area contributed by atoms with Crippen LogP contribution >= 0.6 is 11.8 Å². The van der Waals surface area contributed by atoms with Gasteiger partial charge in [-0.05, 0) is 34.9 Å². The number of phenols is 1. The number of hydrogen-bond donors (Lipinski definition) is 1. The van der Waals surface area contributed by atoms with Gasteiger partial charge in [0.1, 0.15) is 18.1 Å². The predicted molar refractivity (Wildman–Crippen MR) is 92.4 cm³/mol. The second-order valence-corrected chi connectivity index (χ2v) is 5.41. The van der Waals surface area contributed by atoms with Crippen LogP contribution in [0.4, 0.5) is 0 Å². The van der Waals surface area contributed by atoms with E-state index >= 15 is 0 Å². The topological polar surface area (TPSA) is 55.8 Å². The van der Waals surface area contributed by atoms with Crippen LogP contribution in [-0.4, -0.2) is 24.4 Å². The van der Waals surface area contributed by atoms with Gasteiger partial charge in [0.2, 0.25) is 0 Å². The molecule has 0 aliphatic heterocycles. The van der Waals surface area contributed by atoms with Crippen LogP contribution in [0.1, 0.15) is 11.1 Å². The van der Waals surface area contributed by atoms with Crippen molar-refractivity contribution in [3.63, 3.8) is 0 Å². The molecule has 23 heavy (non-hydrogen) atoms. The monoisotopic (exact) mass is 330 g/mol. The third kappa shape index (κ3) is 4.53. The lowest BCUT2D eigenvalue weighted by atomic mass is 10.0. The van der Waals surface area contributed by atoms with Crippen molar-refractivity contribution < 1.29 is 19.4 Å². The lowest BCUT2D eigenvalue weighted by Gasteiger charge is -2.13. The number of carbonyl (C=O) groups excluding carboxylic acids is 1. The van der Waals surface area contributed by atoms with E-state index < -0.39 is 0 Å². The van der Waals surface area contributed by atoms with Crippen molar-refractivity contribution >= 4 is 23.3 Å². The average Bonchev–Trinajstić information content (AvgIpc) is 2.58. The van der Waals surface area contributed by atoms with Gasteiger partial charge in [-0.1, -0.05) is 30.3 Å². The van der Waals surface area contributed by atoms with E-state index in [-0.39, 0.29) is 18.3 Å². The Morgan fingerprint density at radius 2 is 2.00 bits per heavy atom. The summed E-state index contributed by atoms with van der Waals surface area (Å²) in [4.78, 5) is 12.0. The molecule has 0 spiro atoms. The molecule has 0 radical (unpaired) electrons. The molecule has 0 saturated carbocycles. The first-order chi connectivity index (χ1) is 11.2. The summed E-state index contributed by atoms with van der Waals surface area (Å²) in [6.45, 7) is 0.280. The molecule has 0 amide bonds. The summed E-state index contributed by atoms with van der Waals surface area (Å²) in [6, 6.07) is 14.1. The molecule has 0 saturated heterocycles. The van der Waals surface area contributed by atoms with Crippen molar-refractivity contribution in [2.75, 3.05) is 13.4 Å². The van der Waals surface area contributed by atoms with E-state index in [1.165, 1.54) is 18.9 Å². The van der Waals surface area contributed by atoms with Gasteiger partial charge in [0, 0.05) is 6.07 Å². The first-order valence-corrected chi connectivity index (χ1v) is 8.26. The summed E-state index contributed by atoms with van der Waals surface area (Å²) >= 11 is 1.44. The predicted octanol–water partition coefficient (Wildman–Crippen LogP) is 3.85. The Hall–Kier alpha value is -2.40. The van der Waals surface area contributed by atoms with Crippen molar-refractivity contribution in [1.82, 2.24) is 0 Å². The molecule has 0 heterocycles. The molecular formula is C18H18O4S. The molecule has 2 aromatic rings. The van der Waals surface area contributed by atoms with Gasteiger partial charge < -0.3 is 14.6 Å². The van der Waals surface area contributed by atoms with Crippen molar-refractivity contribution in [2.45, 2.75) is 6.61 Å². The third-order valence-electron chi connectivity index (χ3n) is 3.16. The van der Waals surface area contributed by atoms with E-state index in [1.807, 2.05) is 30.5 Å². The molecule has 0 aromatic heterocycles. The van der Waals surface area contributed by atoms with Crippen molar-refractivity contribution in [1.29, 1.82) is 0 Å². The molecule has 0 atom stereocenters. The molecule has 0 fully saturated rings. The maximum absolute atomic E-state index is 12.0. The maximum atomic E-state index is 12.0. The van der Waals surface area contributed by atoms with Gasteiger partial charge in [0.05, 0.1) is 12.7 Å². The summed E-state index contributed by atoms with van der Waals surface area (Å²) in [5.74, 6) is 0.325. The van der Waals surface area contributed by atoms with E-state index in [1.54, 1.807) is 29.7 Å². The van der Waals surface area contributed by atoms with Gasteiger partial charge in [0.15, 0.2) is 0 Å². The first kappa shape index (κ1) is 17.0. The van der Waals surface area contributed by atoms with Gasteiger partial charge in [-0.25, -0.2) is 4.79 Å². The molecule has 0 aliphatic carbocycles. The first-order valence-electron chi connectivity index (χ1n) is 6.97. The summed E-state index contributed by atoms with van der Waals surface area (Å²) < 4.78 is 10.6. The van der Waals surface area contributed by atoms with Gasteiger partial charge in [0.25, 0.3) is 0 Å². The fourth-order valence-corrected chi connectivity index (χ4v) is 2.55. The molecule has 4 nitrogen and oxygen atoms in total. The fraction of sp³-hybridized carbons (Fsp3) is 0.167. The van der Waals surface area contributed by atoms with Crippen molar-refractivity contribution in [3.8, 4) is 11.5 Å². The second-order valence-electron chi connectivity index (χ2n) is 4.70. The standard InChI is InChI=1S/C18H18O4S/c1-21-18(20)17(12-23-2)16-9-4-3-6-13(16)11-22-15-8-5-7-14(19)10-15/h3-10,12,19H,11H2,1-2H3/b17-12+. The lowest BCUT2D eigenvalue weighted by Crippen LogP contribution is -2.07. The number of phenolic OH excluding ortho intramolecular Hbond substituents is 1. The van der Waals surface area contributed by atoms with E-state index in [4.69, 9.17) is 9.47 Å². The van der Waals surface area contributed by atoms with Crippen LogP contribution in [0, 0.1) is 0 Å². The summed E-state index contributed by atoms with van der Waals surface area (Å²) in [5, 5.41) is 11.2.